The van der Waals surface area contributed by atoms with E-state index in [-0.39, 0.29) is 36.5 Å². The van der Waals surface area contributed by atoms with Crippen LogP contribution >= 0.6 is 0 Å². The number of carbonyl (C=O) groups is 2. The number of likely N-dealkylation sites (tertiary alicyclic amines) is 1. The number of rotatable bonds is 9. The first-order valence-electron chi connectivity index (χ1n) is 12.1. The molecular weight excluding hydrogens is 461 g/mol. The summed E-state index contributed by atoms with van der Waals surface area (Å²) in [6.07, 6.45) is -2.28. The fourth-order valence-electron chi connectivity index (χ4n) is 5.23. The second kappa shape index (κ2) is 11.4. The highest BCUT2D eigenvalue weighted by molar-refractivity contribution is 6.44. The molecule has 1 saturated heterocycles. The monoisotopic (exact) mass is 496 g/mol. The number of nitrogens with one attached hydrogen (secondary N) is 3. The van der Waals surface area contributed by atoms with Crippen LogP contribution in [0.15, 0.2) is 24.3 Å². The number of alkyl halides is 3. The van der Waals surface area contributed by atoms with Crippen LogP contribution in [-0.2, 0) is 9.59 Å². The standard InChI is InChI=1S/C24H35F3N6O2/c1-2-14-12-19(23(35)32-16-7-5-6-15(13-16)24(25,26)27)33(21(14)29)11-10-31-18-9-4-3-8-17(18)20(28)22(30)34/h3-4,8-9,14-16,19,21,28,31H,2,5-7,10-13,29H2,1H3,(H2,30,34)(H,32,35). The molecule has 3 rings (SSSR count). The molecule has 0 spiro atoms. The SMILES string of the molecule is CCC1CC(C(=O)NC2CCCC(C(F)(F)F)C2)N(CCNc2ccccc2C(=N)C(N)=O)C1N. The lowest BCUT2D eigenvalue weighted by Gasteiger charge is -2.33. The second-order valence-corrected chi connectivity index (χ2v) is 9.47. The van der Waals surface area contributed by atoms with Crippen LogP contribution in [0.1, 0.15) is 51.0 Å². The van der Waals surface area contributed by atoms with Gasteiger partial charge >= 0.3 is 6.18 Å². The third-order valence-electron chi connectivity index (χ3n) is 7.23. The van der Waals surface area contributed by atoms with Gasteiger partial charge < -0.3 is 22.1 Å². The van der Waals surface area contributed by atoms with Gasteiger partial charge in [-0.1, -0.05) is 38.0 Å². The van der Waals surface area contributed by atoms with Gasteiger partial charge in [-0.3, -0.25) is 19.9 Å². The number of nitrogens with zero attached hydrogens (tertiary/aromatic N) is 1. The number of hydrogen-bond donors (Lipinski definition) is 5. The first kappa shape index (κ1) is 26.9. The van der Waals surface area contributed by atoms with Crippen LogP contribution in [0.3, 0.4) is 0 Å². The summed E-state index contributed by atoms with van der Waals surface area (Å²) in [5.41, 5.74) is 12.3. The average Bonchev–Trinajstić information content (AvgIpc) is 3.14. The molecule has 0 aromatic heterocycles. The minimum absolute atomic E-state index is 0.0879. The predicted octanol–water partition coefficient (Wildman–Crippen LogP) is 2.57. The number of anilines is 1. The quantitative estimate of drug-likeness (QED) is 0.335. The van der Waals surface area contributed by atoms with Crippen molar-refractivity contribution in [3.8, 4) is 0 Å². The first-order chi connectivity index (χ1) is 16.5. The molecule has 5 unspecified atom stereocenters. The van der Waals surface area contributed by atoms with E-state index in [1.165, 1.54) is 0 Å². The van der Waals surface area contributed by atoms with Gasteiger partial charge in [-0.05, 0) is 37.7 Å². The summed E-state index contributed by atoms with van der Waals surface area (Å²) in [6.45, 7) is 2.79. The molecule has 11 heteroatoms. The fraction of sp³-hybridized carbons (Fsp3) is 0.625. The van der Waals surface area contributed by atoms with Crippen molar-refractivity contribution in [2.24, 2.45) is 23.3 Å². The highest BCUT2D eigenvalue weighted by Gasteiger charge is 2.45. The van der Waals surface area contributed by atoms with Crippen LogP contribution in [0.25, 0.3) is 0 Å². The minimum atomic E-state index is -4.24. The molecule has 7 N–H and O–H groups in total. The molecule has 194 valence electrons. The smallest absolute Gasteiger partial charge is 0.383 e. The van der Waals surface area contributed by atoms with Gasteiger partial charge in [-0.25, -0.2) is 0 Å². The molecule has 1 aliphatic carbocycles. The van der Waals surface area contributed by atoms with Crippen molar-refractivity contribution >= 4 is 23.2 Å². The van der Waals surface area contributed by atoms with E-state index in [1.54, 1.807) is 24.3 Å². The summed E-state index contributed by atoms with van der Waals surface area (Å²) in [5, 5.41) is 14.0. The average molecular weight is 497 g/mol. The van der Waals surface area contributed by atoms with Crippen molar-refractivity contribution in [1.29, 1.82) is 5.41 Å². The van der Waals surface area contributed by atoms with Crippen molar-refractivity contribution in [2.45, 2.75) is 69.9 Å². The number of halogens is 3. The van der Waals surface area contributed by atoms with Crippen molar-refractivity contribution in [1.82, 2.24) is 10.2 Å². The van der Waals surface area contributed by atoms with Gasteiger partial charge in [0.15, 0.2) is 0 Å². The number of para-hydroxylation sites is 1. The zero-order chi connectivity index (χ0) is 25.8. The maximum absolute atomic E-state index is 13.2. The normalized spacial score (nSPS) is 27.4. The number of benzene rings is 1. The Hall–Kier alpha value is -2.66. The molecule has 2 amide bonds. The largest absolute Gasteiger partial charge is 0.391 e. The van der Waals surface area contributed by atoms with E-state index in [0.29, 0.717) is 43.6 Å². The molecule has 1 aromatic carbocycles. The Kier molecular flexibility index (Phi) is 8.76. The predicted molar refractivity (Wildman–Crippen MR) is 128 cm³/mol. The lowest BCUT2D eigenvalue weighted by molar-refractivity contribution is -0.184. The number of nitrogens with two attached hydrogens (primary N) is 2. The summed E-state index contributed by atoms with van der Waals surface area (Å²) in [7, 11) is 0. The highest BCUT2D eigenvalue weighted by Crippen LogP contribution is 2.38. The Morgan fingerprint density at radius 2 is 1.91 bits per heavy atom. The zero-order valence-corrected chi connectivity index (χ0v) is 19.9. The Labute approximate surface area is 203 Å². The van der Waals surface area contributed by atoms with Crippen LogP contribution in [-0.4, -0.2) is 59.9 Å². The number of amides is 2. The molecular formula is C24H35F3N6O2. The Balaban J connectivity index is 1.64. The molecule has 1 aromatic rings. The molecule has 2 fully saturated rings. The maximum Gasteiger partial charge on any atom is 0.391 e. The van der Waals surface area contributed by atoms with E-state index in [1.807, 2.05) is 11.8 Å². The summed E-state index contributed by atoms with van der Waals surface area (Å²) in [5.74, 6) is -2.40. The molecule has 35 heavy (non-hydrogen) atoms. The molecule has 8 nitrogen and oxygen atoms in total. The van der Waals surface area contributed by atoms with Crippen molar-refractivity contribution in [2.75, 3.05) is 18.4 Å². The first-order valence-corrected chi connectivity index (χ1v) is 12.1. The van der Waals surface area contributed by atoms with E-state index in [2.05, 4.69) is 10.6 Å². The number of hydrogen-bond acceptors (Lipinski definition) is 6. The molecule has 0 radical (unpaired) electrons. The fourth-order valence-corrected chi connectivity index (χ4v) is 5.23. The summed E-state index contributed by atoms with van der Waals surface area (Å²) >= 11 is 0. The van der Waals surface area contributed by atoms with Crippen LogP contribution in [0, 0.1) is 17.2 Å². The van der Waals surface area contributed by atoms with Gasteiger partial charge in [0.1, 0.15) is 5.71 Å². The minimum Gasteiger partial charge on any atom is -0.383 e. The Morgan fingerprint density at radius 3 is 2.57 bits per heavy atom. The number of carbonyl (C=O) groups excluding carboxylic acids is 2. The van der Waals surface area contributed by atoms with Gasteiger partial charge in [-0.2, -0.15) is 13.2 Å². The van der Waals surface area contributed by atoms with E-state index >= 15 is 0 Å². The molecule has 5 atom stereocenters. The molecule has 1 saturated carbocycles. The number of primary amides is 1. The maximum atomic E-state index is 13.2. The van der Waals surface area contributed by atoms with Gasteiger partial charge in [-0.15, -0.1) is 0 Å². The van der Waals surface area contributed by atoms with E-state index in [0.717, 1.165) is 6.42 Å². The molecule has 2 aliphatic rings. The van der Waals surface area contributed by atoms with E-state index < -0.39 is 30.1 Å². The molecule has 1 aliphatic heterocycles. The van der Waals surface area contributed by atoms with E-state index in [9.17, 15) is 22.8 Å². The summed E-state index contributed by atoms with van der Waals surface area (Å²) in [6, 6.07) is 5.81. The Bertz CT molecular complexity index is 925. The molecule has 1 heterocycles. The van der Waals surface area contributed by atoms with Crippen LogP contribution in [0.2, 0.25) is 0 Å². The van der Waals surface area contributed by atoms with Gasteiger partial charge in [0.05, 0.1) is 18.1 Å². The Morgan fingerprint density at radius 1 is 1.20 bits per heavy atom. The summed E-state index contributed by atoms with van der Waals surface area (Å²) < 4.78 is 39.5. The van der Waals surface area contributed by atoms with Crippen molar-refractivity contribution in [3.63, 3.8) is 0 Å². The second-order valence-electron chi connectivity index (χ2n) is 9.47. The zero-order valence-electron chi connectivity index (χ0n) is 19.9. The third kappa shape index (κ3) is 6.52. The van der Waals surface area contributed by atoms with Gasteiger partial charge in [0.25, 0.3) is 5.91 Å². The van der Waals surface area contributed by atoms with Crippen LogP contribution in [0.5, 0.6) is 0 Å². The van der Waals surface area contributed by atoms with Crippen molar-refractivity contribution < 1.29 is 22.8 Å². The van der Waals surface area contributed by atoms with Gasteiger partial charge in [0.2, 0.25) is 5.91 Å². The highest BCUT2D eigenvalue weighted by atomic mass is 19.4. The lowest BCUT2D eigenvalue weighted by atomic mass is 9.85. The molecule has 0 bridgehead atoms. The van der Waals surface area contributed by atoms with E-state index in [4.69, 9.17) is 16.9 Å². The lowest BCUT2D eigenvalue weighted by Crippen LogP contribution is -2.53. The summed E-state index contributed by atoms with van der Waals surface area (Å²) in [4.78, 5) is 26.5. The third-order valence-corrected chi connectivity index (χ3v) is 7.23. The van der Waals surface area contributed by atoms with Gasteiger partial charge in [0, 0.05) is 30.4 Å². The van der Waals surface area contributed by atoms with Crippen molar-refractivity contribution in [3.05, 3.63) is 29.8 Å². The van der Waals surface area contributed by atoms with Crippen LogP contribution < -0.4 is 22.1 Å². The van der Waals surface area contributed by atoms with Crippen LogP contribution in [0.4, 0.5) is 18.9 Å². The topological polar surface area (TPSA) is 137 Å².